The fourth-order valence-corrected chi connectivity index (χ4v) is 3.05. The van der Waals surface area contributed by atoms with Gasteiger partial charge in [-0.1, -0.05) is 18.1 Å². The molecule has 1 fully saturated rings. The molecule has 8 nitrogen and oxygen atoms in total. The van der Waals surface area contributed by atoms with Gasteiger partial charge in [-0.05, 0) is 13.8 Å². The number of nitrogens with zero attached hydrogens (tertiary/aromatic N) is 3. The molecule has 1 aliphatic heterocycles. The highest BCUT2D eigenvalue weighted by Gasteiger charge is 2.57. The van der Waals surface area contributed by atoms with Crippen LogP contribution in [0.3, 0.4) is 0 Å². The Bertz CT molecular complexity index is 855. The highest BCUT2D eigenvalue weighted by molar-refractivity contribution is 7.71. The van der Waals surface area contributed by atoms with Crippen LogP contribution in [0.2, 0.25) is 0 Å². The van der Waals surface area contributed by atoms with E-state index in [0.717, 1.165) is 0 Å². The third-order valence-electron chi connectivity index (χ3n) is 3.95. The fraction of sp³-hybridized carbons (Fsp3) is 0.500. The SMILES string of the molecule is C#CC1(O)[C@@H](O)[C@@H]([C@@H](C)O)O[C@H]1n1cnc2c(=S)nc(C)[nH]c21. The van der Waals surface area contributed by atoms with Crippen LogP contribution in [-0.4, -0.2) is 58.8 Å². The Morgan fingerprint density at radius 1 is 1.61 bits per heavy atom. The number of hydrogen-bond donors (Lipinski definition) is 4. The van der Waals surface area contributed by atoms with E-state index in [2.05, 4.69) is 20.9 Å². The minimum atomic E-state index is -2.03. The lowest BCUT2D eigenvalue weighted by Crippen LogP contribution is -2.47. The Labute approximate surface area is 136 Å². The molecule has 1 unspecified atom stereocenters. The summed E-state index contributed by atoms with van der Waals surface area (Å²) in [5, 5.41) is 30.7. The number of aliphatic hydroxyl groups is 3. The summed E-state index contributed by atoms with van der Waals surface area (Å²) >= 11 is 5.16. The van der Waals surface area contributed by atoms with Gasteiger partial charge in [-0.3, -0.25) is 4.57 Å². The van der Waals surface area contributed by atoms with Gasteiger partial charge in [0, 0.05) is 0 Å². The van der Waals surface area contributed by atoms with Gasteiger partial charge in [-0.15, -0.1) is 6.42 Å². The molecular weight excluding hydrogens is 320 g/mol. The molecule has 23 heavy (non-hydrogen) atoms. The van der Waals surface area contributed by atoms with Gasteiger partial charge in [0.1, 0.15) is 29.2 Å². The Hall–Kier alpha value is -1.83. The Kier molecular flexibility index (Phi) is 3.74. The molecule has 0 aromatic carbocycles. The average molecular weight is 336 g/mol. The van der Waals surface area contributed by atoms with Crippen LogP contribution in [0.5, 0.6) is 0 Å². The van der Waals surface area contributed by atoms with Crippen molar-refractivity contribution in [3.05, 3.63) is 16.8 Å². The number of ether oxygens (including phenoxy) is 1. The topological polar surface area (TPSA) is 116 Å². The fourth-order valence-electron chi connectivity index (χ4n) is 2.76. The molecule has 2 aromatic rings. The number of aryl methyl sites for hydroxylation is 1. The lowest BCUT2D eigenvalue weighted by Gasteiger charge is -2.26. The number of aromatic amines is 1. The number of terminal acetylenes is 1. The van der Waals surface area contributed by atoms with Gasteiger partial charge in [-0.2, -0.15) is 0 Å². The van der Waals surface area contributed by atoms with E-state index in [1.807, 2.05) is 0 Å². The van der Waals surface area contributed by atoms with E-state index in [-0.39, 0.29) is 0 Å². The summed E-state index contributed by atoms with van der Waals surface area (Å²) in [5.74, 6) is 2.73. The number of rotatable bonds is 2. The summed E-state index contributed by atoms with van der Waals surface area (Å²) in [6.07, 6.45) is 2.16. The molecule has 2 aromatic heterocycles. The second kappa shape index (κ2) is 5.36. The smallest absolute Gasteiger partial charge is 0.199 e. The second-order valence-corrected chi connectivity index (χ2v) is 5.97. The van der Waals surface area contributed by atoms with Crippen molar-refractivity contribution in [1.29, 1.82) is 0 Å². The van der Waals surface area contributed by atoms with Gasteiger partial charge < -0.3 is 25.0 Å². The second-order valence-electron chi connectivity index (χ2n) is 5.58. The summed E-state index contributed by atoms with van der Waals surface area (Å²) in [7, 11) is 0. The summed E-state index contributed by atoms with van der Waals surface area (Å²) in [5.41, 5.74) is -1.15. The highest BCUT2D eigenvalue weighted by Crippen LogP contribution is 2.40. The molecule has 4 N–H and O–H groups in total. The number of hydrogen-bond acceptors (Lipinski definition) is 7. The molecule has 0 bridgehead atoms. The zero-order valence-corrected chi connectivity index (χ0v) is 13.3. The maximum absolute atomic E-state index is 10.7. The Morgan fingerprint density at radius 2 is 2.30 bits per heavy atom. The third-order valence-corrected chi connectivity index (χ3v) is 4.23. The lowest BCUT2D eigenvalue weighted by molar-refractivity contribution is -0.0847. The van der Waals surface area contributed by atoms with Crippen molar-refractivity contribution in [2.24, 2.45) is 0 Å². The molecule has 0 aliphatic carbocycles. The van der Waals surface area contributed by atoms with Crippen LogP contribution in [-0.2, 0) is 4.74 Å². The van der Waals surface area contributed by atoms with E-state index in [1.54, 1.807) is 6.92 Å². The van der Waals surface area contributed by atoms with Crippen molar-refractivity contribution >= 4 is 23.4 Å². The van der Waals surface area contributed by atoms with Crippen molar-refractivity contribution in [3.63, 3.8) is 0 Å². The first-order valence-electron chi connectivity index (χ1n) is 6.94. The predicted octanol–water partition coefficient (Wildman–Crippen LogP) is -0.199. The van der Waals surface area contributed by atoms with Gasteiger partial charge in [0.05, 0.1) is 12.4 Å². The van der Waals surface area contributed by atoms with Gasteiger partial charge >= 0.3 is 0 Å². The third kappa shape index (κ3) is 2.27. The minimum absolute atomic E-state index is 0.296. The molecule has 5 atom stereocenters. The number of nitrogens with one attached hydrogen (secondary N) is 1. The van der Waals surface area contributed by atoms with Gasteiger partial charge in [-0.25, -0.2) is 9.97 Å². The van der Waals surface area contributed by atoms with Crippen molar-refractivity contribution in [2.75, 3.05) is 0 Å². The molecule has 0 saturated carbocycles. The summed E-state index contributed by atoms with van der Waals surface area (Å²) < 4.78 is 7.38. The number of imidazole rings is 1. The minimum Gasteiger partial charge on any atom is -0.391 e. The molecular formula is C14H16N4O4S. The molecule has 9 heteroatoms. The number of fused-ring (bicyclic) bond motifs is 1. The first-order valence-corrected chi connectivity index (χ1v) is 7.35. The Morgan fingerprint density at radius 3 is 2.91 bits per heavy atom. The lowest BCUT2D eigenvalue weighted by atomic mass is 9.93. The summed E-state index contributed by atoms with van der Waals surface area (Å²) in [6.45, 7) is 3.17. The monoisotopic (exact) mass is 336 g/mol. The summed E-state index contributed by atoms with van der Waals surface area (Å²) in [4.78, 5) is 11.3. The summed E-state index contributed by atoms with van der Waals surface area (Å²) in [6, 6.07) is 0. The zero-order valence-electron chi connectivity index (χ0n) is 12.5. The van der Waals surface area contributed by atoms with Crippen molar-refractivity contribution in [1.82, 2.24) is 19.5 Å². The molecule has 3 heterocycles. The van der Waals surface area contributed by atoms with E-state index in [9.17, 15) is 15.3 Å². The first kappa shape index (κ1) is 16.0. The first-order chi connectivity index (χ1) is 10.8. The zero-order chi connectivity index (χ0) is 16.9. The Balaban J connectivity index is 2.18. The molecule has 0 radical (unpaired) electrons. The van der Waals surface area contributed by atoms with Crippen molar-refractivity contribution in [2.45, 2.75) is 44.0 Å². The van der Waals surface area contributed by atoms with E-state index < -0.39 is 30.1 Å². The van der Waals surface area contributed by atoms with E-state index >= 15 is 0 Å². The van der Waals surface area contributed by atoms with E-state index in [1.165, 1.54) is 17.8 Å². The van der Waals surface area contributed by atoms with E-state index in [4.69, 9.17) is 23.4 Å². The highest BCUT2D eigenvalue weighted by atomic mass is 32.1. The van der Waals surface area contributed by atoms with Crippen LogP contribution < -0.4 is 0 Å². The number of aliphatic hydroxyl groups excluding tert-OH is 2. The molecule has 1 aliphatic rings. The maximum Gasteiger partial charge on any atom is 0.199 e. The quantitative estimate of drug-likeness (QED) is 0.443. The normalized spacial score (nSPS) is 32.1. The van der Waals surface area contributed by atoms with E-state index in [0.29, 0.717) is 21.6 Å². The standard InChI is InChI=1S/C14H16N4O4S/c1-4-14(21)10(20)9(6(2)19)22-13(14)18-5-15-8-11(18)16-7(3)17-12(8)23/h1,5-6,9-10,13,19-21H,2-3H3,(H,16,17,23)/t6-,9-,10+,13-,14?/m1/s1. The molecule has 1 saturated heterocycles. The van der Waals surface area contributed by atoms with Crippen molar-refractivity contribution < 1.29 is 20.1 Å². The molecule has 3 rings (SSSR count). The van der Waals surface area contributed by atoms with Crippen LogP contribution in [0, 0.1) is 23.9 Å². The molecule has 0 amide bonds. The largest absolute Gasteiger partial charge is 0.391 e. The predicted molar refractivity (Wildman–Crippen MR) is 82.8 cm³/mol. The van der Waals surface area contributed by atoms with Gasteiger partial charge in [0.15, 0.2) is 16.5 Å². The maximum atomic E-state index is 10.7. The van der Waals surface area contributed by atoms with Crippen molar-refractivity contribution in [3.8, 4) is 12.3 Å². The molecule has 122 valence electrons. The average Bonchev–Trinajstić information content (AvgIpc) is 3.00. The van der Waals surface area contributed by atoms with Gasteiger partial charge in [0.25, 0.3) is 0 Å². The molecule has 0 spiro atoms. The van der Waals surface area contributed by atoms with Crippen LogP contribution in [0.15, 0.2) is 6.33 Å². The van der Waals surface area contributed by atoms with Crippen LogP contribution in [0.1, 0.15) is 19.0 Å². The van der Waals surface area contributed by atoms with Crippen LogP contribution >= 0.6 is 12.2 Å². The van der Waals surface area contributed by atoms with Gasteiger partial charge in [0.2, 0.25) is 0 Å². The van der Waals surface area contributed by atoms with Crippen LogP contribution in [0.4, 0.5) is 0 Å². The number of aromatic nitrogens is 4. The van der Waals surface area contributed by atoms with Crippen LogP contribution in [0.25, 0.3) is 11.2 Å². The number of H-pyrrole nitrogens is 1.